The van der Waals surface area contributed by atoms with Crippen molar-refractivity contribution in [3.8, 4) is 11.8 Å². The molecule has 0 saturated carbocycles. The van der Waals surface area contributed by atoms with Crippen LogP contribution in [0.1, 0.15) is 5.56 Å². The number of aromatic nitrogens is 1. The van der Waals surface area contributed by atoms with Gasteiger partial charge in [-0.25, -0.2) is 0 Å². The molecule has 0 radical (unpaired) electrons. The van der Waals surface area contributed by atoms with Crippen LogP contribution in [0.15, 0.2) is 53.9 Å². The zero-order chi connectivity index (χ0) is 15.8. The summed E-state index contributed by atoms with van der Waals surface area (Å²) in [7, 11) is 0. The van der Waals surface area contributed by atoms with E-state index in [-0.39, 0.29) is 11.5 Å². The van der Waals surface area contributed by atoms with Crippen LogP contribution in [-0.4, -0.2) is 16.5 Å². The minimum atomic E-state index is -0.382. The molecular formula is C15H14N6O. The molecule has 0 bridgehead atoms. The second-order valence-corrected chi connectivity index (χ2v) is 4.27. The van der Waals surface area contributed by atoms with Gasteiger partial charge in [0.25, 0.3) is 0 Å². The molecule has 1 aromatic carbocycles. The van der Waals surface area contributed by atoms with Crippen molar-refractivity contribution in [2.75, 3.05) is 5.43 Å². The van der Waals surface area contributed by atoms with Crippen LogP contribution in [-0.2, 0) is 6.61 Å². The molecule has 1 heterocycles. The number of rotatable bonds is 6. The Morgan fingerprint density at radius 1 is 1.27 bits per heavy atom. The van der Waals surface area contributed by atoms with E-state index in [1.165, 1.54) is 0 Å². The number of nitrogens with two attached hydrogens (primary N) is 1. The number of hydrogen-bond acceptors (Lipinski definition) is 6. The predicted octanol–water partition coefficient (Wildman–Crippen LogP) is 1.89. The number of nitriles is 1. The molecule has 0 amide bonds. The summed E-state index contributed by atoms with van der Waals surface area (Å²) < 4.78 is 5.63. The fraction of sp³-hybridized carbons (Fsp3) is 0.0667. The quantitative estimate of drug-likeness (QED) is 0.427. The third-order valence-corrected chi connectivity index (χ3v) is 2.67. The standard InChI is InChI=1S/C15H14N6O/c16-9-14(15(17)18)21-20-12-1-3-13(4-2-12)22-10-11-5-7-19-8-6-11/h1-8,20H,10H2,(H3,17,18)/b21-14+. The third-order valence-electron chi connectivity index (χ3n) is 2.67. The van der Waals surface area contributed by atoms with Crippen LogP contribution in [0, 0.1) is 16.7 Å². The van der Waals surface area contributed by atoms with E-state index in [1.807, 2.05) is 12.1 Å². The molecule has 2 aromatic rings. The van der Waals surface area contributed by atoms with Crippen LogP contribution in [0.2, 0.25) is 0 Å². The molecule has 0 atom stereocenters. The second-order valence-electron chi connectivity index (χ2n) is 4.27. The topological polar surface area (TPSA) is 120 Å². The molecule has 0 aliphatic heterocycles. The monoisotopic (exact) mass is 294 g/mol. The molecule has 7 nitrogen and oxygen atoms in total. The Balaban J connectivity index is 1.93. The van der Waals surface area contributed by atoms with Crippen LogP contribution in [0.25, 0.3) is 0 Å². The molecule has 1 aromatic heterocycles. The number of nitrogens with zero attached hydrogens (tertiary/aromatic N) is 3. The summed E-state index contributed by atoms with van der Waals surface area (Å²) in [4.78, 5) is 3.94. The molecular weight excluding hydrogens is 280 g/mol. The van der Waals surface area contributed by atoms with Crippen molar-refractivity contribution in [1.82, 2.24) is 4.98 Å². The fourth-order valence-corrected chi connectivity index (χ4v) is 1.54. The summed E-state index contributed by atoms with van der Waals surface area (Å²) in [5.74, 6) is 0.325. The average Bonchev–Trinajstić information content (AvgIpc) is 2.55. The highest BCUT2D eigenvalue weighted by molar-refractivity contribution is 6.45. The molecule has 22 heavy (non-hydrogen) atoms. The first-order chi connectivity index (χ1) is 10.7. The van der Waals surface area contributed by atoms with E-state index in [4.69, 9.17) is 21.1 Å². The van der Waals surface area contributed by atoms with E-state index >= 15 is 0 Å². The van der Waals surface area contributed by atoms with E-state index in [2.05, 4.69) is 15.5 Å². The minimum absolute atomic E-state index is 0.169. The predicted molar refractivity (Wildman–Crippen MR) is 83.6 cm³/mol. The number of anilines is 1. The summed E-state index contributed by atoms with van der Waals surface area (Å²) in [6.45, 7) is 0.455. The van der Waals surface area contributed by atoms with Crippen LogP contribution in [0.3, 0.4) is 0 Å². The molecule has 2 rings (SSSR count). The van der Waals surface area contributed by atoms with Crippen molar-refractivity contribution in [3.63, 3.8) is 0 Å². The number of ether oxygens (including phenoxy) is 1. The van der Waals surface area contributed by atoms with Crippen LogP contribution in [0.4, 0.5) is 5.69 Å². The van der Waals surface area contributed by atoms with E-state index in [0.717, 1.165) is 5.56 Å². The Morgan fingerprint density at radius 2 is 1.95 bits per heavy atom. The van der Waals surface area contributed by atoms with Crippen LogP contribution >= 0.6 is 0 Å². The van der Waals surface area contributed by atoms with Gasteiger partial charge in [0.05, 0.1) is 5.69 Å². The summed E-state index contributed by atoms with van der Waals surface area (Å²) in [5, 5.41) is 19.6. The lowest BCUT2D eigenvalue weighted by Crippen LogP contribution is -2.21. The molecule has 7 heteroatoms. The van der Waals surface area contributed by atoms with Crippen molar-refractivity contribution in [2.45, 2.75) is 6.61 Å². The lowest BCUT2D eigenvalue weighted by molar-refractivity contribution is 0.306. The highest BCUT2D eigenvalue weighted by Gasteiger charge is 2.01. The number of benzene rings is 1. The zero-order valence-electron chi connectivity index (χ0n) is 11.7. The number of pyridine rings is 1. The van der Waals surface area contributed by atoms with Crippen LogP contribution < -0.4 is 15.9 Å². The van der Waals surface area contributed by atoms with Gasteiger partial charge in [0.1, 0.15) is 18.4 Å². The van der Waals surface area contributed by atoms with Gasteiger partial charge in [0.2, 0.25) is 5.71 Å². The summed E-state index contributed by atoms with van der Waals surface area (Å²) in [5.41, 5.74) is 9.37. The minimum Gasteiger partial charge on any atom is -0.489 e. The summed E-state index contributed by atoms with van der Waals surface area (Å²) >= 11 is 0. The number of hydrazone groups is 1. The maximum atomic E-state index is 8.73. The van der Waals surface area contributed by atoms with Gasteiger partial charge in [-0.15, -0.1) is 0 Å². The molecule has 0 unspecified atom stereocenters. The number of amidine groups is 1. The van der Waals surface area contributed by atoms with Gasteiger partial charge in [0, 0.05) is 12.4 Å². The normalized spacial score (nSPS) is 10.6. The fourth-order valence-electron chi connectivity index (χ4n) is 1.54. The lowest BCUT2D eigenvalue weighted by Gasteiger charge is -2.07. The number of hydrogen-bond donors (Lipinski definition) is 3. The van der Waals surface area contributed by atoms with Gasteiger partial charge in [-0.05, 0) is 42.0 Å². The maximum Gasteiger partial charge on any atom is 0.201 e. The Morgan fingerprint density at radius 3 is 2.55 bits per heavy atom. The van der Waals surface area contributed by atoms with Gasteiger partial charge >= 0.3 is 0 Å². The lowest BCUT2D eigenvalue weighted by atomic mass is 10.3. The largest absolute Gasteiger partial charge is 0.489 e. The molecule has 0 aliphatic carbocycles. The highest BCUT2D eigenvalue weighted by Crippen LogP contribution is 2.17. The highest BCUT2D eigenvalue weighted by atomic mass is 16.5. The first-order valence-electron chi connectivity index (χ1n) is 6.39. The molecule has 110 valence electrons. The third kappa shape index (κ3) is 4.31. The van der Waals surface area contributed by atoms with E-state index in [1.54, 1.807) is 42.7 Å². The molecule has 0 spiro atoms. The van der Waals surface area contributed by atoms with Crippen molar-refractivity contribution in [3.05, 3.63) is 54.4 Å². The SMILES string of the molecule is N#C/C(=N\Nc1ccc(OCc2ccncc2)cc1)C(=N)N. The van der Waals surface area contributed by atoms with Gasteiger partial charge in [0.15, 0.2) is 5.84 Å². The van der Waals surface area contributed by atoms with Crippen molar-refractivity contribution in [1.29, 1.82) is 10.7 Å². The van der Waals surface area contributed by atoms with Gasteiger partial charge in [-0.2, -0.15) is 10.4 Å². The Labute approximate surface area is 127 Å². The first-order valence-corrected chi connectivity index (χ1v) is 6.39. The molecule has 0 aliphatic rings. The Kier molecular flexibility index (Phi) is 5.04. The summed E-state index contributed by atoms with van der Waals surface area (Å²) in [6, 6.07) is 12.6. The second kappa shape index (κ2) is 7.40. The van der Waals surface area contributed by atoms with Crippen molar-refractivity contribution < 1.29 is 4.74 Å². The van der Waals surface area contributed by atoms with E-state index in [9.17, 15) is 0 Å². The molecule has 0 saturated heterocycles. The van der Waals surface area contributed by atoms with Crippen LogP contribution in [0.5, 0.6) is 5.75 Å². The first kappa shape index (κ1) is 15.0. The average molecular weight is 294 g/mol. The summed E-state index contributed by atoms with van der Waals surface area (Å²) in [6.07, 6.45) is 3.43. The van der Waals surface area contributed by atoms with Gasteiger partial charge < -0.3 is 10.5 Å². The van der Waals surface area contributed by atoms with E-state index in [0.29, 0.717) is 18.0 Å². The van der Waals surface area contributed by atoms with Gasteiger partial charge in [-0.3, -0.25) is 15.8 Å². The zero-order valence-corrected chi connectivity index (χ0v) is 11.7. The number of nitrogens with one attached hydrogen (secondary N) is 2. The Hall–Kier alpha value is -3.40. The van der Waals surface area contributed by atoms with Crippen molar-refractivity contribution in [2.24, 2.45) is 10.8 Å². The molecule has 0 fully saturated rings. The molecule has 4 N–H and O–H groups in total. The van der Waals surface area contributed by atoms with Crippen molar-refractivity contribution >= 4 is 17.2 Å². The smallest absolute Gasteiger partial charge is 0.201 e. The van der Waals surface area contributed by atoms with Gasteiger partial charge in [-0.1, -0.05) is 0 Å². The Bertz CT molecular complexity index is 703. The van der Waals surface area contributed by atoms with E-state index < -0.39 is 0 Å². The maximum absolute atomic E-state index is 8.73.